The van der Waals surface area contributed by atoms with Gasteiger partial charge in [-0.1, -0.05) is 51.4 Å². The van der Waals surface area contributed by atoms with Crippen molar-refractivity contribution in [3.05, 3.63) is 82.1 Å². The van der Waals surface area contributed by atoms with Gasteiger partial charge in [-0.2, -0.15) is 5.26 Å². The fourth-order valence-corrected chi connectivity index (χ4v) is 3.47. The van der Waals surface area contributed by atoms with Crippen molar-refractivity contribution in [3.8, 4) is 17.3 Å². The zero-order valence-electron chi connectivity index (χ0n) is 14.3. The van der Waals surface area contributed by atoms with Gasteiger partial charge >= 0.3 is 0 Å². The van der Waals surface area contributed by atoms with E-state index in [1.54, 1.807) is 6.07 Å². The Morgan fingerprint density at radius 3 is 2.81 bits per heavy atom. The van der Waals surface area contributed by atoms with E-state index >= 15 is 0 Å². The maximum atomic E-state index is 9.04. The summed E-state index contributed by atoms with van der Waals surface area (Å²) in [7, 11) is 0. The van der Waals surface area contributed by atoms with Gasteiger partial charge in [0, 0.05) is 33.6 Å². The molecular formula is C21H15BrN4O. The summed E-state index contributed by atoms with van der Waals surface area (Å²) in [6.07, 6.45) is 0.522. The van der Waals surface area contributed by atoms with Crippen molar-refractivity contribution in [2.24, 2.45) is 5.73 Å². The maximum absolute atomic E-state index is 9.04. The standard InChI is InChI=1S/C21H15BrN4O/c22-13-8-9-18-20(10-13)27-26-21(18)17-7-2-1-6-16(17)19(24)11-14-4-3-5-15(12-23)25-14/h1-10,19H,11,24H2/t19-/m0/s1. The Labute approximate surface area is 164 Å². The molecule has 0 unspecified atom stereocenters. The van der Waals surface area contributed by atoms with Crippen LogP contribution in [-0.4, -0.2) is 10.1 Å². The topological polar surface area (TPSA) is 88.7 Å². The van der Waals surface area contributed by atoms with E-state index in [1.807, 2.05) is 54.6 Å². The lowest BCUT2D eigenvalue weighted by atomic mass is 9.94. The Bertz CT molecular complexity index is 1160. The number of fused-ring (bicyclic) bond motifs is 1. The number of halogens is 1. The number of hydrogen-bond donors (Lipinski definition) is 1. The molecule has 0 bridgehead atoms. The van der Waals surface area contributed by atoms with Gasteiger partial charge in [0.15, 0.2) is 5.58 Å². The number of hydrogen-bond acceptors (Lipinski definition) is 5. The van der Waals surface area contributed by atoms with Crippen LogP contribution in [0.3, 0.4) is 0 Å². The molecule has 4 rings (SSSR count). The molecular weight excluding hydrogens is 404 g/mol. The normalized spacial score (nSPS) is 12.0. The van der Waals surface area contributed by atoms with Gasteiger partial charge in [-0.05, 0) is 35.9 Å². The predicted molar refractivity (Wildman–Crippen MR) is 107 cm³/mol. The molecule has 0 spiro atoms. The zero-order valence-corrected chi connectivity index (χ0v) is 15.8. The van der Waals surface area contributed by atoms with E-state index in [0.29, 0.717) is 17.7 Å². The maximum Gasteiger partial charge on any atom is 0.168 e. The second kappa shape index (κ2) is 7.31. The highest BCUT2D eigenvalue weighted by atomic mass is 79.9. The van der Waals surface area contributed by atoms with Gasteiger partial charge in [-0.15, -0.1) is 0 Å². The Hall–Kier alpha value is -3.01. The number of aromatic nitrogens is 2. The highest BCUT2D eigenvalue weighted by Gasteiger charge is 2.18. The molecule has 0 aliphatic heterocycles. The summed E-state index contributed by atoms with van der Waals surface area (Å²) in [4.78, 5) is 4.33. The molecule has 1 atom stereocenters. The molecule has 4 aromatic rings. The Kier molecular flexibility index (Phi) is 4.71. The van der Waals surface area contributed by atoms with Gasteiger partial charge in [0.05, 0.1) is 0 Å². The van der Waals surface area contributed by atoms with Crippen molar-refractivity contribution >= 4 is 26.9 Å². The summed E-state index contributed by atoms with van der Waals surface area (Å²) in [6.45, 7) is 0. The second-order valence-electron chi connectivity index (χ2n) is 6.20. The molecule has 132 valence electrons. The van der Waals surface area contributed by atoms with Crippen molar-refractivity contribution in [2.45, 2.75) is 12.5 Å². The molecule has 0 saturated heterocycles. The second-order valence-corrected chi connectivity index (χ2v) is 7.11. The van der Waals surface area contributed by atoms with Gasteiger partial charge in [0.2, 0.25) is 0 Å². The highest BCUT2D eigenvalue weighted by Crippen LogP contribution is 2.34. The van der Waals surface area contributed by atoms with Gasteiger partial charge in [0.1, 0.15) is 17.5 Å². The highest BCUT2D eigenvalue weighted by molar-refractivity contribution is 9.10. The van der Waals surface area contributed by atoms with Crippen LogP contribution >= 0.6 is 15.9 Å². The van der Waals surface area contributed by atoms with E-state index in [1.165, 1.54) is 0 Å². The average Bonchev–Trinajstić information content (AvgIpc) is 3.11. The van der Waals surface area contributed by atoms with E-state index in [2.05, 4.69) is 32.1 Å². The van der Waals surface area contributed by atoms with Crippen LogP contribution in [0, 0.1) is 11.3 Å². The van der Waals surface area contributed by atoms with Crippen LogP contribution in [0.5, 0.6) is 0 Å². The third-order valence-electron chi connectivity index (χ3n) is 4.40. The van der Waals surface area contributed by atoms with Crippen molar-refractivity contribution in [2.75, 3.05) is 0 Å². The molecule has 2 N–H and O–H groups in total. The van der Waals surface area contributed by atoms with E-state index < -0.39 is 0 Å². The molecule has 27 heavy (non-hydrogen) atoms. The molecule has 0 amide bonds. The smallest absolute Gasteiger partial charge is 0.168 e. The van der Waals surface area contributed by atoms with E-state index in [0.717, 1.165) is 32.4 Å². The minimum absolute atomic E-state index is 0.287. The van der Waals surface area contributed by atoms with Crippen molar-refractivity contribution < 1.29 is 4.52 Å². The SMILES string of the molecule is N#Cc1cccc(C[C@H](N)c2ccccc2-c2noc3cc(Br)ccc23)n1. The van der Waals surface area contributed by atoms with Crippen LogP contribution in [-0.2, 0) is 6.42 Å². The minimum atomic E-state index is -0.287. The molecule has 6 heteroatoms. The number of nitrogens with zero attached hydrogens (tertiary/aromatic N) is 3. The summed E-state index contributed by atoms with van der Waals surface area (Å²) >= 11 is 3.45. The van der Waals surface area contributed by atoms with Gasteiger partial charge in [-0.25, -0.2) is 4.98 Å². The number of nitrogens with two attached hydrogens (primary N) is 1. The number of rotatable bonds is 4. The number of nitriles is 1. The van der Waals surface area contributed by atoms with Crippen LogP contribution in [0.4, 0.5) is 0 Å². The Balaban J connectivity index is 1.73. The minimum Gasteiger partial charge on any atom is -0.356 e. The number of benzene rings is 2. The molecule has 2 heterocycles. The van der Waals surface area contributed by atoms with Gasteiger partial charge in [0.25, 0.3) is 0 Å². The monoisotopic (exact) mass is 418 g/mol. The molecule has 0 saturated carbocycles. The predicted octanol–water partition coefficient (Wildman–Crippen LogP) is 4.77. The summed E-state index contributed by atoms with van der Waals surface area (Å²) in [5, 5.41) is 14.2. The summed E-state index contributed by atoms with van der Waals surface area (Å²) < 4.78 is 6.43. The summed E-state index contributed by atoms with van der Waals surface area (Å²) in [5.74, 6) is 0. The largest absolute Gasteiger partial charge is 0.356 e. The van der Waals surface area contributed by atoms with E-state index in [9.17, 15) is 0 Å². The van der Waals surface area contributed by atoms with E-state index in [4.69, 9.17) is 15.5 Å². The third-order valence-corrected chi connectivity index (χ3v) is 4.89. The molecule has 0 fully saturated rings. The lowest BCUT2D eigenvalue weighted by Gasteiger charge is -2.15. The molecule has 2 aromatic carbocycles. The van der Waals surface area contributed by atoms with Crippen LogP contribution < -0.4 is 5.73 Å². The van der Waals surface area contributed by atoms with Gasteiger partial charge in [-0.3, -0.25) is 0 Å². The lowest BCUT2D eigenvalue weighted by Crippen LogP contribution is -2.15. The van der Waals surface area contributed by atoms with Crippen LogP contribution in [0.25, 0.3) is 22.2 Å². The van der Waals surface area contributed by atoms with Crippen molar-refractivity contribution in [1.29, 1.82) is 5.26 Å². The lowest BCUT2D eigenvalue weighted by molar-refractivity contribution is 0.459. The van der Waals surface area contributed by atoms with Gasteiger partial charge < -0.3 is 10.3 Å². The first kappa shape index (κ1) is 17.4. The third kappa shape index (κ3) is 3.47. The van der Waals surface area contributed by atoms with E-state index in [-0.39, 0.29) is 6.04 Å². The first-order chi connectivity index (χ1) is 13.2. The molecule has 5 nitrogen and oxygen atoms in total. The van der Waals surface area contributed by atoms with Crippen LogP contribution in [0.1, 0.15) is 23.0 Å². The average molecular weight is 419 g/mol. The molecule has 2 aromatic heterocycles. The number of pyridine rings is 1. The van der Waals surface area contributed by atoms with Crippen LogP contribution in [0.15, 0.2) is 69.7 Å². The Morgan fingerprint density at radius 1 is 1.11 bits per heavy atom. The van der Waals surface area contributed by atoms with Crippen LogP contribution in [0.2, 0.25) is 0 Å². The first-order valence-corrected chi connectivity index (χ1v) is 9.21. The van der Waals surface area contributed by atoms with Crippen molar-refractivity contribution in [1.82, 2.24) is 10.1 Å². The van der Waals surface area contributed by atoms with Crippen molar-refractivity contribution in [3.63, 3.8) is 0 Å². The summed E-state index contributed by atoms with van der Waals surface area (Å²) in [6, 6.07) is 20.9. The molecule has 0 radical (unpaired) electrons. The fraction of sp³-hybridized carbons (Fsp3) is 0.0952. The zero-order chi connectivity index (χ0) is 18.8. The quantitative estimate of drug-likeness (QED) is 0.515. The molecule has 0 aliphatic carbocycles. The Morgan fingerprint density at radius 2 is 1.96 bits per heavy atom. The summed E-state index contributed by atoms with van der Waals surface area (Å²) in [5.41, 5.74) is 11.0. The molecule has 0 aliphatic rings. The fourth-order valence-electron chi connectivity index (χ4n) is 3.13. The first-order valence-electron chi connectivity index (χ1n) is 8.41.